The van der Waals surface area contributed by atoms with Crippen LogP contribution in [0.5, 0.6) is 11.5 Å². The summed E-state index contributed by atoms with van der Waals surface area (Å²) in [6, 6.07) is 1.95. The normalized spacial score (nSPS) is 14.5. The fraction of sp³-hybridized carbons (Fsp3) is 0.471. The Bertz CT molecular complexity index is 684. The van der Waals surface area contributed by atoms with Crippen molar-refractivity contribution in [2.45, 2.75) is 27.4 Å². The van der Waals surface area contributed by atoms with Gasteiger partial charge in [-0.3, -0.25) is 0 Å². The van der Waals surface area contributed by atoms with Crippen molar-refractivity contribution in [3.05, 3.63) is 28.8 Å². The van der Waals surface area contributed by atoms with Gasteiger partial charge < -0.3 is 0 Å². The minimum atomic E-state index is -2.09. The van der Waals surface area contributed by atoms with E-state index in [1.54, 1.807) is 21.3 Å². The maximum absolute atomic E-state index is 6.38. The molecule has 0 unspecified atom stereocenters. The number of rotatable bonds is 4. The molecule has 0 N–H and O–H groups in total. The topological polar surface area (TPSA) is 27.7 Å². The van der Waals surface area contributed by atoms with Gasteiger partial charge in [0.2, 0.25) is 0 Å². The third-order valence-corrected chi connectivity index (χ3v) is 6.87. The number of halogens is 2. The average molecular weight is 446 g/mol. The summed E-state index contributed by atoms with van der Waals surface area (Å²) in [6.07, 6.45) is 2.13. The Morgan fingerprint density at radius 3 is 2.13 bits per heavy atom. The molecule has 0 bridgehead atoms. The van der Waals surface area contributed by atoms with E-state index in [4.69, 9.17) is 33.6 Å². The zero-order valence-electron chi connectivity index (χ0n) is 14.2. The van der Waals surface area contributed by atoms with Gasteiger partial charge in [-0.2, -0.15) is 0 Å². The van der Waals surface area contributed by atoms with Crippen LogP contribution < -0.4 is 9.47 Å². The van der Waals surface area contributed by atoms with Gasteiger partial charge in [0.15, 0.2) is 0 Å². The van der Waals surface area contributed by atoms with Gasteiger partial charge in [-0.05, 0) is 0 Å². The molecule has 0 amide bonds. The molecular weight excluding hydrogens is 424 g/mol. The standard InChI is InChI=1S/C17H22O3.2ClH.Ru/c1-17(2,3)13-8-7-12-11(10-18-4)9-14(19-5)16(20-6)15(12)13;;;/h8-9H,10H2,1-6H3;2*1H;/q;;;+2/p-2. The predicted octanol–water partition coefficient (Wildman–Crippen LogP) is 4.74. The van der Waals surface area contributed by atoms with Crippen LogP contribution in [-0.4, -0.2) is 25.4 Å². The van der Waals surface area contributed by atoms with E-state index in [0.717, 1.165) is 32.1 Å². The van der Waals surface area contributed by atoms with Gasteiger partial charge in [0, 0.05) is 0 Å². The van der Waals surface area contributed by atoms with Crippen LogP contribution in [-0.2, 0) is 24.9 Å². The van der Waals surface area contributed by atoms with Crippen molar-refractivity contribution in [3.8, 4) is 11.5 Å². The van der Waals surface area contributed by atoms with Crippen LogP contribution in [0.15, 0.2) is 12.1 Å². The third kappa shape index (κ3) is 3.51. The molecule has 0 spiro atoms. The van der Waals surface area contributed by atoms with Gasteiger partial charge in [-0.25, -0.2) is 0 Å². The molecule has 0 aliphatic heterocycles. The molecule has 0 radical (unpaired) electrons. The summed E-state index contributed by atoms with van der Waals surface area (Å²) in [5, 5.41) is 0. The minimum absolute atomic E-state index is 0.0712. The molecule has 0 fully saturated rings. The molecule has 1 aromatic carbocycles. The van der Waals surface area contributed by atoms with Crippen molar-refractivity contribution in [3.63, 3.8) is 0 Å². The first-order valence-electron chi connectivity index (χ1n) is 7.12. The molecule has 1 aliphatic carbocycles. The SMILES string of the molecule is COCc1cc(OC)c(OC)c2c1[C](=[Ru]([Cl])[Cl])C=C2C(C)(C)C. The second kappa shape index (κ2) is 7.23. The second-order valence-electron chi connectivity index (χ2n) is 6.28. The first-order valence-corrected chi connectivity index (χ1v) is 12.5. The quantitative estimate of drug-likeness (QED) is 0.626. The molecule has 2 rings (SSSR count). The third-order valence-electron chi connectivity index (χ3n) is 3.77. The molecule has 3 nitrogen and oxygen atoms in total. The van der Waals surface area contributed by atoms with E-state index in [-0.39, 0.29) is 5.41 Å². The number of hydrogen-bond donors (Lipinski definition) is 0. The zero-order valence-corrected chi connectivity index (χ0v) is 17.4. The predicted molar refractivity (Wildman–Crippen MR) is 93.5 cm³/mol. The van der Waals surface area contributed by atoms with Gasteiger partial charge in [0.1, 0.15) is 0 Å². The van der Waals surface area contributed by atoms with Gasteiger partial charge in [0.25, 0.3) is 0 Å². The summed E-state index contributed by atoms with van der Waals surface area (Å²) in [6.45, 7) is 6.97. The van der Waals surface area contributed by atoms with E-state index in [2.05, 4.69) is 26.8 Å². The molecule has 0 atom stereocenters. The van der Waals surface area contributed by atoms with Crippen LogP contribution in [0, 0.1) is 5.41 Å². The summed E-state index contributed by atoms with van der Waals surface area (Å²) >= 11 is -2.09. The molecule has 1 aliphatic rings. The Labute approximate surface area is 151 Å². The van der Waals surface area contributed by atoms with Crippen molar-refractivity contribution >= 4 is 29.1 Å². The number of hydrogen-bond acceptors (Lipinski definition) is 3. The average Bonchev–Trinajstić information content (AvgIpc) is 2.88. The number of methoxy groups -OCH3 is 3. The van der Waals surface area contributed by atoms with E-state index in [0.29, 0.717) is 12.4 Å². The van der Waals surface area contributed by atoms with Gasteiger partial charge >= 0.3 is 151 Å². The monoisotopic (exact) mass is 446 g/mol. The Balaban J connectivity index is 2.91. The molecule has 0 saturated carbocycles. The van der Waals surface area contributed by atoms with E-state index >= 15 is 0 Å². The van der Waals surface area contributed by atoms with Crippen LogP contribution in [0.2, 0.25) is 0 Å². The summed E-state index contributed by atoms with van der Waals surface area (Å²) in [4.78, 5) is 0. The fourth-order valence-corrected chi connectivity index (χ4v) is 5.32. The summed E-state index contributed by atoms with van der Waals surface area (Å²) in [7, 11) is 17.7. The summed E-state index contributed by atoms with van der Waals surface area (Å²) in [5.41, 5.74) is 4.19. The molecule has 130 valence electrons. The molecule has 6 heteroatoms. The molecule has 0 saturated heterocycles. The van der Waals surface area contributed by atoms with E-state index in [1.165, 1.54) is 0 Å². The Morgan fingerprint density at radius 2 is 1.70 bits per heavy atom. The molecule has 0 heterocycles. The molecule has 0 aromatic heterocycles. The number of ether oxygens (including phenoxy) is 3. The number of allylic oxidation sites excluding steroid dienone is 2. The van der Waals surface area contributed by atoms with Gasteiger partial charge in [-0.15, -0.1) is 0 Å². The summed E-state index contributed by atoms with van der Waals surface area (Å²) in [5.74, 6) is 1.42. The second-order valence-corrected chi connectivity index (χ2v) is 12.1. The first-order chi connectivity index (χ1) is 10.8. The van der Waals surface area contributed by atoms with E-state index in [9.17, 15) is 0 Å². The summed E-state index contributed by atoms with van der Waals surface area (Å²) < 4.78 is 17.6. The zero-order chi connectivity index (χ0) is 17.4. The van der Waals surface area contributed by atoms with E-state index in [1.807, 2.05) is 6.07 Å². The van der Waals surface area contributed by atoms with Crippen LogP contribution in [0.1, 0.15) is 37.5 Å². The fourth-order valence-electron chi connectivity index (χ4n) is 2.80. The van der Waals surface area contributed by atoms with Crippen LogP contribution in [0.25, 0.3) is 5.57 Å². The van der Waals surface area contributed by atoms with Gasteiger partial charge in [0.05, 0.1) is 0 Å². The maximum atomic E-state index is 6.38. The van der Waals surface area contributed by atoms with Crippen LogP contribution in [0.4, 0.5) is 0 Å². The number of benzene rings is 1. The number of fused-ring (bicyclic) bond motifs is 1. The Morgan fingerprint density at radius 1 is 1.04 bits per heavy atom. The van der Waals surface area contributed by atoms with Gasteiger partial charge in [-0.1, -0.05) is 0 Å². The molecule has 23 heavy (non-hydrogen) atoms. The van der Waals surface area contributed by atoms with Crippen molar-refractivity contribution in [1.29, 1.82) is 0 Å². The van der Waals surface area contributed by atoms with Crippen molar-refractivity contribution in [2.24, 2.45) is 5.41 Å². The molecular formula is C17H22Cl2O3Ru. The molecule has 1 aromatic rings. The van der Waals surface area contributed by atoms with Crippen LogP contribution in [0.3, 0.4) is 0 Å². The first kappa shape index (κ1) is 18.9. The van der Waals surface area contributed by atoms with Crippen molar-refractivity contribution < 1.29 is 27.7 Å². The van der Waals surface area contributed by atoms with Crippen molar-refractivity contribution in [2.75, 3.05) is 21.3 Å². The Kier molecular flexibility index (Phi) is 5.95. The van der Waals surface area contributed by atoms with E-state index < -0.39 is 13.5 Å². The van der Waals surface area contributed by atoms with Crippen molar-refractivity contribution in [1.82, 2.24) is 0 Å². The van der Waals surface area contributed by atoms with Crippen LogP contribution >= 0.6 is 19.4 Å². The Hall–Kier alpha value is -0.407.